The fraction of sp³-hybridized carbons (Fsp3) is 0.769. The van der Waals surface area contributed by atoms with Crippen molar-refractivity contribution in [2.45, 2.75) is 253 Å². The highest BCUT2D eigenvalue weighted by Gasteiger charge is 2.46. The summed E-state index contributed by atoms with van der Waals surface area (Å²) < 4.78 is 51.5. The summed E-state index contributed by atoms with van der Waals surface area (Å²) in [5.41, 5.74) is -0.270. The summed E-state index contributed by atoms with van der Waals surface area (Å²) >= 11 is 0. The van der Waals surface area contributed by atoms with Crippen LogP contribution in [0.15, 0.2) is 30.3 Å². The fourth-order valence-electron chi connectivity index (χ4n) is 10.7. The van der Waals surface area contributed by atoms with Gasteiger partial charge in [-0.2, -0.15) is 0 Å². The molecule has 22 nitrogen and oxygen atoms in total. The molecule has 0 saturated carbocycles. The largest absolute Gasteiger partial charge is 0.463 e. The Morgan fingerprint density at radius 2 is 0.874 bits per heavy atom. The Bertz CT molecular complexity index is 2120. The highest BCUT2D eigenvalue weighted by Crippen LogP contribution is 2.36. The standard InChI is InChI=1S/C65H106N4O18/c1-10-11-12-13-21-37-66-56(74)31-34-65(69-59(77)29-26-30-60(78)83-42-53-27-19-18-20-28-53,35-32-57(75)67-38-22-14-16-24-40-79-63-47(4)45(2)61(84-51(8)72)54(86-63)43-81-49(6)70)36-33-58(76)68-39-23-15-17-25-41-80-64-48(5)46(3)62(85-52(9)73)55(87-64)44-82-50(7)71/h18-20,27-28,45-48,54-55,61-64H,10-17,21-26,29-44H2,1-9H3,(H,66,74)(H,67,75)(H,68,76)(H,69,77). The van der Waals surface area contributed by atoms with Crippen LogP contribution in [-0.2, 0) is 92.4 Å². The minimum Gasteiger partial charge on any atom is -0.463 e. The summed E-state index contributed by atoms with van der Waals surface area (Å²) in [4.78, 5) is 114. The Morgan fingerprint density at radius 3 is 1.28 bits per heavy atom. The molecule has 0 aliphatic carbocycles. The molecule has 2 aliphatic heterocycles. The third-order valence-electron chi connectivity index (χ3n) is 16.3. The number of hydrogen-bond acceptors (Lipinski definition) is 18. The van der Waals surface area contributed by atoms with Crippen LogP contribution in [0, 0.1) is 23.7 Å². The van der Waals surface area contributed by atoms with Crippen LogP contribution in [-0.4, -0.2) is 142 Å². The Hall–Kier alpha value is -5.71. The Balaban J connectivity index is 1.59. The van der Waals surface area contributed by atoms with Crippen molar-refractivity contribution in [3.05, 3.63) is 35.9 Å². The summed E-state index contributed by atoms with van der Waals surface area (Å²) in [6.45, 7) is 17.4. The van der Waals surface area contributed by atoms with Gasteiger partial charge in [-0.05, 0) is 63.4 Å². The minimum absolute atomic E-state index is 0.0112. The van der Waals surface area contributed by atoms with Gasteiger partial charge in [0.05, 0.1) is 0 Å². The molecule has 0 spiro atoms. The summed E-state index contributed by atoms with van der Waals surface area (Å²) in [6, 6.07) is 9.30. The predicted octanol–water partition coefficient (Wildman–Crippen LogP) is 8.55. The third kappa shape index (κ3) is 31.9. The van der Waals surface area contributed by atoms with Crippen molar-refractivity contribution in [3.63, 3.8) is 0 Å². The minimum atomic E-state index is -1.11. The van der Waals surface area contributed by atoms with E-state index in [1.54, 1.807) is 0 Å². The first-order chi connectivity index (χ1) is 41.6. The van der Waals surface area contributed by atoms with Crippen LogP contribution >= 0.6 is 0 Å². The first-order valence-electron chi connectivity index (χ1n) is 32.1. The molecule has 1 aromatic carbocycles. The Morgan fingerprint density at radius 1 is 0.460 bits per heavy atom. The second kappa shape index (κ2) is 43.0. The lowest BCUT2D eigenvalue weighted by Crippen LogP contribution is -2.53. The van der Waals surface area contributed by atoms with Crippen molar-refractivity contribution in [2.24, 2.45) is 23.7 Å². The van der Waals surface area contributed by atoms with Crippen LogP contribution in [0.4, 0.5) is 0 Å². The smallest absolute Gasteiger partial charge is 0.306 e. The van der Waals surface area contributed by atoms with Gasteiger partial charge in [0.2, 0.25) is 23.6 Å². The van der Waals surface area contributed by atoms with Crippen LogP contribution in [0.1, 0.15) is 209 Å². The molecule has 2 heterocycles. The summed E-state index contributed by atoms with van der Waals surface area (Å²) in [6.07, 6.45) is 8.35. The molecule has 2 fully saturated rings. The molecule has 0 aromatic heterocycles. The number of carbonyl (C=O) groups excluding carboxylic acids is 9. The van der Waals surface area contributed by atoms with E-state index in [0.29, 0.717) is 45.7 Å². The van der Waals surface area contributed by atoms with E-state index in [1.165, 1.54) is 27.7 Å². The highest BCUT2D eigenvalue weighted by molar-refractivity contribution is 5.80. The van der Waals surface area contributed by atoms with Crippen molar-refractivity contribution in [3.8, 4) is 0 Å². The van der Waals surface area contributed by atoms with Crippen molar-refractivity contribution < 1.29 is 85.8 Å². The van der Waals surface area contributed by atoms with E-state index in [2.05, 4.69) is 28.2 Å². The van der Waals surface area contributed by atoms with Gasteiger partial charge in [-0.3, -0.25) is 43.2 Å². The predicted molar refractivity (Wildman–Crippen MR) is 324 cm³/mol. The average molecular weight is 1230 g/mol. The molecule has 10 unspecified atom stereocenters. The number of esters is 5. The van der Waals surface area contributed by atoms with E-state index in [0.717, 1.165) is 76.2 Å². The molecular weight excluding hydrogens is 1120 g/mol. The number of ether oxygens (including phenoxy) is 9. The van der Waals surface area contributed by atoms with E-state index in [-0.39, 0.29) is 125 Å². The molecule has 3 rings (SSSR count). The lowest BCUT2D eigenvalue weighted by molar-refractivity contribution is -0.273. The molecule has 22 heteroatoms. The van der Waals surface area contributed by atoms with Crippen molar-refractivity contribution in [1.29, 1.82) is 0 Å². The van der Waals surface area contributed by atoms with Gasteiger partial charge in [0.1, 0.15) is 44.2 Å². The zero-order chi connectivity index (χ0) is 64.0. The van der Waals surface area contributed by atoms with Crippen LogP contribution in [0.5, 0.6) is 0 Å². The number of nitrogens with one attached hydrogen (secondary N) is 4. The number of amides is 4. The van der Waals surface area contributed by atoms with E-state index in [1.807, 2.05) is 58.0 Å². The second-order valence-electron chi connectivity index (χ2n) is 23.6. The molecular formula is C65H106N4O18. The van der Waals surface area contributed by atoms with E-state index < -0.39 is 72.4 Å². The number of carbonyl (C=O) groups is 9. The number of rotatable bonds is 44. The van der Waals surface area contributed by atoms with Crippen molar-refractivity contribution in [1.82, 2.24) is 21.3 Å². The van der Waals surface area contributed by atoms with Gasteiger partial charge in [-0.15, -0.1) is 0 Å². The third-order valence-corrected chi connectivity index (χ3v) is 16.3. The molecule has 4 amide bonds. The van der Waals surface area contributed by atoms with Crippen LogP contribution in [0.3, 0.4) is 0 Å². The zero-order valence-corrected chi connectivity index (χ0v) is 53.7. The first kappa shape index (κ1) is 75.5. The zero-order valence-electron chi connectivity index (χ0n) is 53.7. The maximum atomic E-state index is 13.9. The Kier molecular flexibility index (Phi) is 37.4. The molecule has 10 atom stereocenters. The van der Waals surface area contributed by atoms with Gasteiger partial charge in [-0.25, -0.2) is 0 Å². The van der Waals surface area contributed by atoms with Crippen molar-refractivity contribution in [2.75, 3.05) is 46.1 Å². The second-order valence-corrected chi connectivity index (χ2v) is 23.6. The summed E-state index contributed by atoms with van der Waals surface area (Å²) in [5, 5.41) is 12.2. The van der Waals surface area contributed by atoms with Crippen LogP contribution in [0.25, 0.3) is 0 Å². The molecule has 2 aliphatic rings. The maximum Gasteiger partial charge on any atom is 0.306 e. The number of unbranched alkanes of at least 4 members (excludes halogenated alkanes) is 10. The molecule has 87 heavy (non-hydrogen) atoms. The highest BCUT2D eigenvalue weighted by atomic mass is 16.7. The van der Waals surface area contributed by atoms with E-state index in [9.17, 15) is 43.2 Å². The SMILES string of the molecule is CCCCCCCNC(=O)CCC(CCC(=O)NCCCCCCOC1OC(COC(C)=O)C(OC(C)=O)C(C)C1C)(CCC(=O)NCCCCCCOC1OC(COC(C)=O)C(OC(C)=O)C(C)C1C)NC(=O)CCCC(=O)OCc1ccccc1. The lowest BCUT2D eigenvalue weighted by Gasteiger charge is -2.43. The molecule has 494 valence electrons. The number of hydrogen-bond donors (Lipinski definition) is 4. The van der Waals surface area contributed by atoms with Crippen LogP contribution < -0.4 is 21.3 Å². The van der Waals surface area contributed by atoms with Gasteiger partial charge in [-0.1, -0.05) is 116 Å². The topological polar surface area (TPSA) is 285 Å². The quantitative estimate of drug-likeness (QED) is 0.0270. The number of benzene rings is 1. The summed E-state index contributed by atoms with van der Waals surface area (Å²) in [5.74, 6) is -3.73. The molecule has 1 aromatic rings. The fourth-order valence-corrected chi connectivity index (χ4v) is 10.7. The molecule has 2 saturated heterocycles. The van der Waals surface area contributed by atoms with Gasteiger partial charge in [0, 0.05) is 122 Å². The van der Waals surface area contributed by atoms with Gasteiger partial charge in [0.15, 0.2) is 12.6 Å². The van der Waals surface area contributed by atoms with Gasteiger partial charge >= 0.3 is 29.8 Å². The van der Waals surface area contributed by atoms with E-state index >= 15 is 0 Å². The van der Waals surface area contributed by atoms with Gasteiger partial charge < -0.3 is 63.9 Å². The first-order valence-corrected chi connectivity index (χ1v) is 32.1. The molecule has 0 bridgehead atoms. The molecule has 0 radical (unpaired) electrons. The molecule has 4 N–H and O–H groups in total. The monoisotopic (exact) mass is 1230 g/mol. The van der Waals surface area contributed by atoms with Crippen molar-refractivity contribution >= 4 is 53.5 Å². The average Bonchev–Trinajstić information content (AvgIpc) is 1.80. The maximum absolute atomic E-state index is 13.9. The summed E-state index contributed by atoms with van der Waals surface area (Å²) in [7, 11) is 0. The Labute approximate surface area is 517 Å². The lowest BCUT2D eigenvalue weighted by atomic mass is 9.82. The van der Waals surface area contributed by atoms with Crippen LogP contribution in [0.2, 0.25) is 0 Å². The van der Waals surface area contributed by atoms with E-state index in [4.69, 9.17) is 42.6 Å². The van der Waals surface area contributed by atoms with Gasteiger partial charge in [0.25, 0.3) is 0 Å². The normalized spacial score (nSPS) is 22.4.